The summed E-state index contributed by atoms with van der Waals surface area (Å²) in [4.78, 5) is 17.0. The van der Waals surface area contributed by atoms with Crippen molar-refractivity contribution in [3.8, 4) is 5.75 Å². The van der Waals surface area contributed by atoms with Crippen LogP contribution in [0.5, 0.6) is 5.75 Å². The van der Waals surface area contributed by atoms with Gasteiger partial charge in [0.2, 0.25) is 14.2 Å². The zero-order valence-electron chi connectivity index (χ0n) is 16.3. The Balaban J connectivity index is 2.88. The highest BCUT2D eigenvalue weighted by molar-refractivity contribution is 6.74. The van der Waals surface area contributed by atoms with Crippen LogP contribution in [0.1, 0.15) is 39.7 Å². The first-order chi connectivity index (χ1) is 11.0. The molecule has 0 N–H and O–H groups in total. The number of hydrogen-bond acceptors (Lipinski definition) is 3. The molecule has 0 heterocycles. The van der Waals surface area contributed by atoms with E-state index < -0.39 is 8.32 Å². The summed E-state index contributed by atoms with van der Waals surface area (Å²) in [5, 5.41) is 1.41. The molecule has 0 atom stereocenters. The second kappa shape index (κ2) is 7.99. The Morgan fingerprint density at radius 1 is 1.21 bits per heavy atom. The standard InChI is InChI=1S/C19H31NO3Si/c1-9-15(14-18(21)20(5)22-6)16-10-12-17(13-11-16)23-24(7,8)19(2,3)4/h9-13H,14H2,1-8H3/b15-9-. The molecule has 1 amide bonds. The van der Waals surface area contributed by atoms with Crippen LogP contribution < -0.4 is 4.43 Å². The van der Waals surface area contributed by atoms with Crippen LogP contribution in [0, 0.1) is 0 Å². The third-order valence-corrected chi connectivity index (χ3v) is 9.08. The largest absolute Gasteiger partial charge is 0.544 e. The fraction of sp³-hybridized carbons (Fsp3) is 0.526. The maximum absolute atomic E-state index is 12.0. The molecule has 0 unspecified atom stereocenters. The van der Waals surface area contributed by atoms with Crippen LogP contribution >= 0.6 is 0 Å². The number of hydroxylamine groups is 2. The van der Waals surface area contributed by atoms with Crippen molar-refractivity contribution in [2.75, 3.05) is 14.2 Å². The van der Waals surface area contributed by atoms with E-state index in [4.69, 9.17) is 9.26 Å². The number of amides is 1. The molecule has 24 heavy (non-hydrogen) atoms. The molecule has 1 rings (SSSR count). The Kier molecular flexibility index (Phi) is 6.81. The molecule has 0 fully saturated rings. The zero-order valence-corrected chi connectivity index (χ0v) is 17.3. The molecule has 0 aliphatic heterocycles. The third-order valence-electron chi connectivity index (χ3n) is 4.72. The first-order valence-electron chi connectivity index (χ1n) is 8.27. The van der Waals surface area contributed by atoms with Crippen LogP contribution in [0.2, 0.25) is 18.1 Å². The van der Waals surface area contributed by atoms with E-state index in [9.17, 15) is 4.79 Å². The van der Waals surface area contributed by atoms with Gasteiger partial charge in [0.25, 0.3) is 0 Å². The summed E-state index contributed by atoms with van der Waals surface area (Å²) in [7, 11) is 1.27. The molecule has 0 saturated carbocycles. The van der Waals surface area contributed by atoms with E-state index in [-0.39, 0.29) is 10.9 Å². The molecule has 1 aromatic carbocycles. The summed E-state index contributed by atoms with van der Waals surface area (Å²) in [6, 6.07) is 8.00. The number of carbonyl (C=O) groups is 1. The Hall–Kier alpha value is -1.59. The van der Waals surface area contributed by atoms with E-state index in [1.54, 1.807) is 7.05 Å². The van der Waals surface area contributed by atoms with Gasteiger partial charge in [-0.1, -0.05) is 39.0 Å². The maximum Gasteiger partial charge on any atom is 0.250 e. The lowest BCUT2D eigenvalue weighted by Crippen LogP contribution is -2.43. The van der Waals surface area contributed by atoms with E-state index in [0.717, 1.165) is 16.9 Å². The van der Waals surface area contributed by atoms with Gasteiger partial charge >= 0.3 is 0 Å². The van der Waals surface area contributed by atoms with E-state index in [1.807, 2.05) is 37.3 Å². The van der Waals surface area contributed by atoms with Crippen molar-refractivity contribution >= 4 is 19.8 Å². The predicted octanol–water partition coefficient (Wildman–Crippen LogP) is 4.88. The van der Waals surface area contributed by atoms with Crippen LogP contribution in [-0.4, -0.2) is 33.4 Å². The summed E-state index contributed by atoms with van der Waals surface area (Å²) in [5.41, 5.74) is 2.00. The fourth-order valence-electron chi connectivity index (χ4n) is 1.93. The lowest BCUT2D eigenvalue weighted by Gasteiger charge is -2.36. The summed E-state index contributed by atoms with van der Waals surface area (Å²) in [6.45, 7) is 13.1. The molecule has 0 saturated heterocycles. The molecule has 1 aromatic rings. The molecular formula is C19H31NO3Si. The van der Waals surface area contributed by atoms with Gasteiger partial charge in [-0.2, -0.15) is 0 Å². The lowest BCUT2D eigenvalue weighted by atomic mass is 10.0. The normalized spacial score (nSPS) is 12.9. The lowest BCUT2D eigenvalue weighted by molar-refractivity contribution is -0.167. The van der Waals surface area contributed by atoms with Crippen molar-refractivity contribution in [3.63, 3.8) is 0 Å². The topological polar surface area (TPSA) is 38.8 Å². The van der Waals surface area contributed by atoms with Crippen molar-refractivity contribution < 1.29 is 14.1 Å². The minimum Gasteiger partial charge on any atom is -0.544 e. The van der Waals surface area contributed by atoms with Gasteiger partial charge in [0.05, 0.1) is 13.5 Å². The molecule has 0 bridgehead atoms. The SMILES string of the molecule is C/C=C(/CC(=O)N(C)OC)c1ccc(O[Si](C)(C)C(C)(C)C)cc1. The van der Waals surface area contributed by atoms with Crippen LogP contribution in [0.15, 0.2) is 30.3 Å². The number of allylic oxidation sites excluding steroid dienone is 1. The number of nitrogens with zero attached hydrogens (tertiary/aromatic N) is 1. The first kappa shape index (κ1) is 20.5. The minimum atomic E-state index is -1.84. The smallest absolute Gasteiger partial charge is 0.250 e. The van der Waals surface area contributed by atoms with Gasteiger partial charge in [0.15, 0.2) is 0 Å². The number of carbonyl (C=O) groups excluding carboxylic acids is 1. The van der Waals surface area contributed by atoms with E-state index in [2.05, 4.69) is 33.9 Å². The Labute approximate surface area is 147 Å². The highest BCUT2D eigenvalue weighted by atomic mass is 28.4. The fourth-order valence-corrected chi connectivity index (χ4v) is 2.96. The van der Waals surface area contributed by atoms with Crippen LogP contribution in [0.4, 0.5) is 0 Å². The Morgan fingerprint density at radius 2 is 1.75 bits per heavy atom. The predicted molar refractivity (Wildman–Crippen MR) is 102 cm³/mol. The van der Waals surface area contributed by atoms with Crippen LogP contribution in [0.3, 0.4) is 0 Å². The van der Waals surface area contributed by atoms with E-state index in [0.29, 0.717) is 6.42 Å². The molecule has 4 nitrogen and oxygen atoms in total. The molecule has 0 radical (unpaired) electrons. The average molecular weight is 350 g/mol. The zero-order chi connectivity index (χ0) is 18.5. The van der Waals surface area contributed by atoms with Crippen LogP contribution in [-0.2, 0) is 9.63 Å². The van der Waals surface area contributed by atoms with Gasteiger partial charge in [-0.15, -0.1) is 0 Å². The van der Waals surface area contributed by atoms with Gasteiger partial charge in [-0.3, -0.25) is 9.63 Å². The number of hydrogen-bond donors (Lipinski definition) is 0. The summed E-state index contributed by atoms with van der Waals surface area (Å²) >= 11 is 0. The summed E-state index contributed by atoms with van der Waals surface area (Å²) in [5.74, 6) is 0.813. The van der Waals surface area contributed by atoms with Gasteiger partial charge in [0.1, 0.15) is 5.75 Å². The van der Waals surface area contributed by atoms with Crippen LogP contribution in [0.25, 0.3) is 5.57 Å². The summed E-state index contributed by atoms with van der Waals surface area (Å²) in [6.07, 6.45) is 2.27. The van der Waals surface area contributed by atoms with Crippen molar-refractivity contribution in [2.24, 2.45) is 0 Å². The quantitative estimate of drug-likeness (QED) is 0.542. The monoisotopic (exact) mass is 349 g/mol. The second-order valence-corrected chi connectivity index (χ2v) is 12.2. The number of rotatable bonds is 6. The summed E-state index contributed by atoms with van der Waals surface area (Å²) < 4.78 is 6.30. The van der Waals surface area contributed by atoms with Crippen molar-refractivity contribution in [1.29, 1.82) is 0 Å². The molecule has 0 aliphatic carbocycles. The second-order valence-electron chi connectivity index (χ2n) is 7.45. The van der Waals surface area contributed by atoms with E-state index >= 15 is 0 Å². The molecule has 0 aliphatic rings. The molecule has 0 aromatic heterocycles. The van der Waals surface area contributed by atoms with Gasteiger partial charge in [0, 0.05) is 7.05 Å². The molecule has 0 spiro atoms. The van der Waals surface area contributed by atoms with Gasteiger partial charge in [-0.05, 0) is 48.3 Å². The Bertz CT molecular complexity index is 586. The van der Waals surface area contributed by atoms with E-state index in [1.165, 1.54) is 12.2 Å². The van der Waals surface area contributed by atoms with Gasteiger partial charge < -0.3 is 4.43 Å². The highest BCUT2D eigenvalue weighted by Crippen LogP contribution is 2.37. The van der Waals surface area contributed by atoms with Crippen molar-refractivity contribution in [1.82, 2.24) is 5.06 Å². The van der Waals surface area contributed by atoms with Crippen molar-refractivity contribution in [3.05, 3.63) is 35.9 Å². The minimum absolute atomic E-state index is 0.0767. The molecular weight excluding hydrogens is 318 g/mol. The third kappa shape index (κ3) is 5.21. The Morgan fingerprint density at radius 3 is 2.17 bits per heavy atom. The molecule has 5 heteroatoms. The average Bonchev–Trinajstić information content (AvgIpc) is 2.51. The van der Waals surface area contributed by atoms with Crippen molar-refractivity contribution in [2.45, 2.75) is 52.2 Å². The number of benzene rings is 1. The van der Waals surface area contributed by atoms with Gasteiger partial charge in [-0.25, -0.2) is 5.06 Å². The first-order valence-corrected chi connectivity index (χ1v) is 11.2. The highest BCUT2D eigenvalue weighted by Gasteiger charge is 2.38. The molecule has 134 valence electrons. The maximum atomic E-state index is 12.0.